The topological polar surface area (TPSA) is 66.4 Å². The first-order valence-electron chi connectivity index (χ1n) is 10.9. The van der Waals surface area contributed by atoms with Gasteiger partial charge in [-0.2, -0.15) is 0 Å². The zero-order valence-electron chi connectivity index (χ0n) is 18.5. The van der Waals surface area contributed by atoms with Gasteiger partial charge >= 0.3 is 0 Å². The number of pyridine rings is 1. The summed E-state index contributed by atoms with van der Waals surface area (Å²) in [5.74, 6) is -0.329. The highest BCUT2D eigenvalue weighted by atomic mass is 35.6. The van der Waals surface area contributed by atoms with Crippen LogP contribution in [0.1, 0.15) is 31.9 Å². The normalized spacial score (nSPS) is 27.8. The smallest absolute Gasteiger partial charge is 0.250 e. The molecule has 1 aromatic rings. The van der Waals surface area contributed by atoms with Crippen LogP contribution >= 0.6 is 70.2 Å². The van der Waals surface area contributed by atoms with Gasteiger partial charge in [-0.05, 0) is 48.0 Å². The van der Waals surface area contributed by atoms with Crippen molar-refractivity contribution in [3.8, 4) is 0 Å². The molecule has 6 nitrogen and oxygen atoms in total. The van der Waals surface area contributed by atoms with E-state index in [0.29, 0.717) is 24.7 Å². The van der Waals surface area contributed by atoms with Gasteiger partial charge in [-0.15, -0.1) is 0 Å². The van der Waals surface area contributed by atoms with Crippen molar-refractivity contribution in [2.45, 2.75) is 42.7 Å². The van der Waals surface area contributed by atoms with Gasteiger partial charge in [0.15, 0.2) is 5.11 Å². The zero-order valence-corrected chi connectivity index (χ0v) is 23.1. The van der Waals surface area contributed by atoms with Gasteiger partial charge in [-0.25, -0.2) is 0 Å². The Balaban J connectivity index is 1.45. The Morgan fingerprint density at radius 2 is 1.91 bits per heavy atom. The third-order valence-electron chi connectivity index (χ3n) is 7.15. The molecule has 2 bridgehead atoms. The van der Waals surface area contributed by atoms with Crippen molar-refractivity contribution in [3.05, 3.63) is 44.8 Å². The van der Waals surface area contributed by atoms with E-state index < -0.39 is 9.96 Å². The molecule has 1 saturated carbocycles. The number of thiocarbonyl (C=S) groups is 1. The predicted molar refractivity (Wildman–Crippen MR) is 142 cm³/mol. The number of allylic oxidation sites excluding steroid dienone is 1. The molecular weight excluding hydrogens is 562 g/mol. The van der Waals surface area contributed by atoms with E-state index in [4.69, 9.17) is 70.2 Å². The standard InChI is InChI=1S/C22H25Cl5N4O2S/c1-21(2)13(7-15(23)24)17(21)18(33)28-19(22(25,26)27)29-20(34)30-8-11-6-12(10-30)14-4-3-5-16(32)31(14)9-11/h3-5,7,11-13,17,19H,6,8-10H2,1-2H3,(H,28,33)(H,29,34)/t11?,12-,13?,17?,19?/m0/s1. The maximum absolute atomic E-state index is 13.0. The predicted octanol–water partition coefficient (Wildman–Crippen LogP) is 4.55. The highest BCUT2D eigenvalue weighted by Crippen LogP contribution is 2.59. The molecule has 2 fully saturated rings. The number of likely N-dealkylation sites (tertiary alicyclic amines) is 1. The highest BCUT2D eigenvalue weighted by Gasteiger charge is 2.61. The SMILES string of the molecule is CC1(C)C(C=C(Cl)Cl)C1C(=O)NC(NC(=S)N1CC2C[C@@H](C1)c1cccc(=O)n1C2)C(Cl)(Cl)Cl. The summed E-state index contributed by atoms with van der Waals surface area (Å²) in [4.78, 5) is 27.3. The summed E-state index contributed by atoms with van der Waals surface area (Å²) in [6, 6.07) is 5.37. The Labute approximate surface area is 228 Å². The van der Waals surface area contributed by atoms with Gasteiger partial charge in [-0.3, -0.25) is 9.59 Å². The molecule has 0 spiro atoms. The molecule has 5 atom stereocenters. The van der Waals surface area contributed by atoms with Gasteiger partial charge in [0.1, 0.15) is 10.7 Å². The van der Waals surface area contributed by atoms with Crippen molar-refractivity contribution >= 4 is 81.2 Å². The molecular formula is C22H25Cl5N4O2S. The van der Waals surface area contributed by atoms with Crippen LogP contribution in [-0.2, 0) is 11.3 Å². The Kier molecular flexibility index (Phi) is 7.47. The minimum atomic E-state index is -1.85. The second-order valence-electron chi connectivity index (χ2n) is 9.82. The average Bonchev–Trinajstić information content (AvgIpc) is 3.26. The Bertz CT molecular complexity index is 1080. The van der Waals surface area contributed by atoms with E-state index in [0.717, 1.165) is 12.1 Å². The molecule has 1 aromatic heterocycles. The van der Waals surface area contributed by atoms with Gasteiger partial charge < -0.3 is 20.1 Å². The zero-order chi connectivity index (χ0) is 25.0. The highest BCUT2D eigenvalue weighted by molar-refractivity contribution is 7.80. The van der Waals surface area contributed by atoms with Crippen molar-refractivity contribution in [1.29, 1.82) is 0 Å². The second kappa shape index (κ2) is 9.64. The largest absolute Gasteiger partial charge is 0.348 e. The summed E-state index contributed by atoms with van der Waals surface area (Å²) < 4.78 is 0.122. The number of alkyl halides is 3. The summed E-state index contributed by atoms with van der Waals surface area (Å²) in [6.45, 7) is 5.84. The number of piperidine rings is 1. The number of nitrogens with zero attached hydrogens (tertiary/aromatic N) is 2. The fourth-order valence-corrected chi connectivity index (χ4v) is 6.20. The molecule has 34 heavy (non-hydrogen) atoms. The van der Waals surface area contributed by atoms with Crippen LogP contribution in [0.15, 0.2) is 33.6 Å². The van der Waals surface area contributed by atoms with Crippen LogP contribution in [0.4, 0.5) is 0 Å². The Morgan fingerprint density at radius 3 is 2.56 bits per heavy atom. The van der Waals surface area contributed by atoms with E-state index in [2.05, 4.69) is 10.6 Å². The quantitative estimate of drug-likeness (QED) is 0.308. The lowest BCUT2D eigenvalue weighted by atomic mass is 9.83. The molecule has 12 heteroatoms. The summed E-state index contributed by atoms with van der Waals surface area (Å²) in [7, 11) is 0. The number of hydrogen-bond donors (Lipinski definition) is 2. The molecule has 1 aliphatic carbocycles. The summed E-state index contributed by atoms with van der Waals surface area (Å²) in [5, 5.41) is 6.22. The molecule has 1 saturated heterocycles. The summed E-state index contributed by atoms with van der Waals surface area (Å²) in [5.41, 5.74) is 0.704. The van der Waals surface area contributed by atoms with Crippen LogP contribution in [0.5, 0.6) is 0 Å². The number of hydrogen-bond acceptors (Lipinski definition) is 3. The fourth-order valence-electron chi connectivity index (χ4n) is 5.33. The molecule has 0 radical (unpaired) electrons. The maximum atomic E-state index is 13.0. The molecule has 3 heterocycles. The van der Waals surface area contributed by atoms with E-state index in [1.807, 2.05) is 29.4 Å². The van der Waals surface area contributed by atoms with Crippen LogP contribution in [-0.4, -0.2) is 43.5 Å². The Morgan fingerprint density at radius 1 is 1.21 bits per heavy atom. The van der Waals surface area contributed by atoms with Crippen LogP contribution in [0.2, 0.25) is 0 Å². The summed E-state index contributed by atoms with van der Waals surface area (Å²) >= 11 is 35.9. The van der Waals surface area contributed by atoms with Gasteiger partial charge in [0.2, 0.25) is 9.70 Å². The monoisotopic (exact) mass is 584 g/mol. The molecule has 186 valence electrons. The van der Waals surface area contributed by atoms with Gasteiger partial charge in [-0.1, -0.05) is 77.9 Å². The third-order valence-corrected chi connectivity index (χ3v) is 8.43. The van der Waals surface area contributed by atoms with Crippen molar-refractivity contribution in [3.63, 3.8) is 0 Å². The molecule has 2 aliphatic heterocycles. The van der Waals surface area contributed by atoms with Crippen LogP contribution < -0.4 is 16.2 Å². The number of carbonyl (C=O) groups is 1. The average molecular weight is 587 g/mol. The Hall–Kier alpha value is -0.700. The molecule has 4 rings (SSSR count). The van der Waals surface area contributed by atoms with E-state index in [1.165, 1.54) is 0 Å². The van der Waals surface area contributed by atoms with Gasteiger partial charge in [0, 0.05) is 37.3 Å². The van der Waals surface area contributed by atoms with Crippen LogP contribution in [0.25, 0.3) is 0 Å². The van der Waals surface area contributed by atoms with Crippen molar-refractivity contribution in [2.75, 3.05) is 13.1 Å². The van der Waals surface area contributed by atoms with Gasteiger partial charge in [0.05, 0.1) is 5.92 Å². The van der Waals surface area contributed by atoms with Crippen LogP contribution in [0, 0.1) is 23.2 Å². The first-order chi connectivity index (χ1) is 15.8. The third kappa shape index (κ3) is 5.35. The lowest BCUT2D eigenvalue weighted by molar-refractivity contribution is -0.123. The van der Waals surface area contributed by atoms with Crippen LogP contribution in [0.3, 0.4) is 0 Å². The number of aromatic nitrogens is 1. The number of amides is 1. The van der Waals surface area contributed by atoms with Gasteiger partial charge in [0.25, 0.3) is 5.56 Å². The van der Waals surface area contributed by atoms with E-state index in [1.54, 1.807) is 18.2 Å². The molecule has 2 N–H and O–H groups in total. The summed E-state index contributed by atoms with van der Waals surface area (Å²) in [6.07, 6.45) is 1.61. The minimum absolute atomic E-state index is 0.0203. The molecule has 1 amide bonds. The number of halogens is 5. The maximum Gasteiger partial charge on any atom is 0.250 e. The lowest BCUT2D eigenvalue weighted by Crippen LogP contribution is -2.60. The second-order valence-corrected chi connectivity index (χ2v) is 13.6. The first-order valence-corrected chi connectivity index (χ1v) is 13.2. The van der Waals surface area contributed by atoms with E-state index in [9.17, 15) is 9.59 Å². The number of fused-ring (bicyclic) bond motifs is 4. The van der Waals surface area contributed by atoms with Crippen molar-refractivity contribution < 1.29 is 4.79 Å². The fraction of sp³-hybridized carbons (Fsp3) is 0.591. The van der Waals surface area contributed by atoms with E-state index in [-0.39, 0.29) is 45.0 Å². The number of carbonyl (C=O) groups excluding carboxylic acids is 1. The minimum Gasteiger partial charge on any atom is -0.348 e. The van der Waals surface area contributed by atoms with Crippen molar-refractivity contribution in [1.82, 2.24) is 20.1 Å². The first kappa shape index (κ1) is 26.4. The molecule has 4 unspecified atom stereocenters. The lowest BCUT2D eigenvalue weighted by Gasteiger charge is -2.44. The van der Waals surface area contributed by atoms with Crippen molar-refractivity contribution in [2.24, 2.45) is 23.2 Å². The number of rotatable bonds is 4. The molecule has 3 aliphatic rings. The number of nitrogens with one attached hydrogen (secondary N) is 2. The molecule has 0 aromatic carbocycles. The van der Waals surface area contributed by atoms with E-state index >= 15 is 0 Å².